The summed E-state index contributed by atoms with van der Waals surface area (Å²) in [6.07, 6.45) is -4.75. The van der Waals surface area contributed by atoms with Crippen molar-refractivity contribution in [3.05, 3.63) is 94.0 Å². The van der Waals surface area contributed by atoms with Crippen LogP contribution in [0.4, 0.5) is 29.3 Å². The second kappa shape index (κ2) is 8.01. The van der Waals surface area contributed by atoms with E-state index in [1.165, 1.54) is 29.2 Å². The van der Waals surface area contributed by atoms with Gasteiger partial charge in [0.05, 0.1) is 6.04 Å². The normalized spacial score (nSPS) is 21.3. The highest BCUT2D eigenvalue weighted by molar-refractivity contribution is 6.31. The zero-order chi connectivity index (χ0) is 23.3. The third kappa shape index (κ3) is 3.61. The van der Waals surface area contributed by atoms with E-state index >= 15 is 0 Å². The maximum absolute atomic E-state index is 14.9. The Hall–Kier alpha value is -2.70. The van der Waals surface area contributed by atoms with Gasteiger partial charge in [-0.15, -0.1) is 0 Å². The van der Waals surface area contributed by atoms with E-state index < -0.39 is 23.8 Å². The number of hydrogen-bond acceptors (Lipinski definition) is 1. The molecule has 3 aromatic rings. The molecule has 1 aliphatic rings. The van der Waals surface area contributed by atoms with Crippen LogP contribution in [0.5, 0.6) is 0 Å². The van der Waals surface area contributed by atoms with E-state index in [1.54, 1.807) is 55.5 Å². The van der Waals surface area contributed by atoms with Crippen molar-refractivity contribution >= 4 is 40.6 Å². The van der Waals surface area contributed by atoms with Gasteiger partial charge < -0.3 is 0 Å². The average molecular weight is 479 g/mol. The molecule has 2 atom stereocenters. The molecule has 8 heteroatoms. The van der Waals surface area contributed by atoms with Crippen LogP contribution in [0.25, 0.3) is 0 Å². The van der Waals surface area contributed by atoms with Crippen LogP contribution in [0.1, 0.15) is 24.1 Å². The zero-order valence-corrected chi connectivity index (χ0v) is 18.7. The van der Waals surface area contributed by atoms with E-state index in [4.69, 9.17) is 23.2 Å². The number of carbonyl (C=O) groups excluding carboxylic acids is 1. The number of carbonyl (C=O) groups is 1. The van der Waals surface area contributed by atoms with Crippen LogP contribution < -0.4 is 9.80 Å². The highest BCUT2D eigenvalue weighted by atomic mass is 35.5. The second-order valence-corrected chi connectivity index (χ2v) is 8.78. The fourth-order valence-corrected chi connectivity index (χ4v) is 4.47. The van der Waals surface area contributed by atoms with Crippen molar-refractivity contribution in [1.82, 2.24) is 0 Å². The van der Waals surface area contributed by atoms with Crippen molar-refractivity contribution in [2.75, 3.05) is 9.80 Å². The van der Waals surface area contributed by atoms with E-state index in [1.807, 2.05) is 0 Å². The van der Waals surface area contributed by atoms with E-state index in [-0.39, 0.29) is 5.69 Å². The Bertz CT molecular complexity index is 1150. The molecule has 0 spiro atoms. The van der Waals surface area contributed by atoms with Crippen molar-refractivity contribution < 1.29 is 18.0 Å². The molecule has 4 rings (SSSR count). The Morgan fingerprint density at radius 3 is 1.91 bits per heavy atom. The van der Waals surface area contributed by atoms with Crippen molar-refractivity contribution in [1.29, 1.82) is 0 Å². The number of urea groups is 1. The average Bonchev–Trinajstić information content (AvgIpc) is 2.97. The minimum Gasteiger partial charge on any atom is -0.284 e. The fraction of sp³-hybridized carbons (Fsp3) is 0.208. The molecule has 3 aromatic carbocycles. The summed E-state index contributed by atoms with van der Waals surface area (Å²) < 4.78 is 44.6. The molecule has 0 radical (unpaired) electrons. The first-order valence-corrected chi connectivity index (χ1v) is 10.6. The monoisotopic (exact) mass is 478 g/mol. The highest BCUT2D eigenvalue weighted by Gasteiger charge is 2.69. The quantitative estimate of drug-likeness (QED) is 0.376. The number of hydrogen-bond donors (Lipinski definition) is 0. The van der Waals surface area contributed by atoms with E-state index in [0.29, 0.717) is 21.3 Å². The molecule has 3 nitrogen and oxygen atoms in total. The van der Waals surface area contributed by atoms with Crippen LogP contribution in [-0.4, -0.2) is 17.7 Å². The molecule has 0 unspecified atom stereocenters. The molecule has 2 amide bonds. The summed E-state index contributed by atoms with van der Waals surface area (Å²) >= 11 is 11.9. The highest BCUT2D eigenvalue weighted by Crippen LogP contribution is 2.54. The number of nitrogens with zero attached hydrogens (tertiary/aromatic N) is 2. The number of halogens is 5. The lowest BCUT2D eigenvalue weighted by molar-refractivity contribution is -0.182. The van der Waals surface area contributed by atoms with Gasteiger partial charge in [0.25, 0.3) is 0 Å². The molecule has 0 bridgehead atoms. The van der Waals surface area contributed by atoms with Gasteiger partial charge in [0, 0.05) is 21.4 Å². The molecular formula is C24H19Cl2F3N2O. The van der Waals surface area contributed by atoms with Gasteiger partial charge in [0.1, 0.15) is 0 Å². The minimum absolute atomic E-state index is 0.105. The van der Waals surface area contributed by atoms with Crippen LogP contribution >= 0.6 is 23.2 Å². The number of alkyl halides is 3. The van der Waals surface area contributed by atoms with Gasteiger partial charge in [-0.05, 0) is 67.9 Å². The lowest BCUT2D eigenvalue weighted by Gasteiger charge is -2.40. The number of benzene rings is 3. The Balaban J connectivity index is 2.01. The Morgan fingerprint density at radius 1 is 0.875 bits per heavy atom. The second-order valence-electron chi connectivity index (χ2n) is 7.90. The third-order valence-electron chi connectivity index (χ3n) is 5.77. The number of aryl methyl sites for hydroxylation is 1. The fourth-order valence-electron chi connectivity index (χ4n) is 4.22. The first-order valence-electron chi connectivity index (χ1n) is 9.82. The summed E-state index contributed by atoms with van der Waals surface area (Å²) in [4.78, 5) is 15.7. The van der Waals surface area contributed by atoms with Gasteiger partial charge >= 0.3 is 12.2 Å². The number of anilines is 2. The third-order valence-corrected chi connectivity index (χ3v) is 6.28. The van der Waals surface area contributed by atoms with Crippen molar-refractivity contribution in [3.63, 3.8) is 0 Å². The summed E-state index contributed by atoms with van der Waals surface area (Å²) in [6.45, 7) is 2.86. The number of amides is 2. The Labute approximate surface area is 194 Å². The van der Waals surface area contributed by atoms with Gasteiger partial charge in [-0.1, -0.05) is 53.0 Å². The summed E-state index contributed by atoms with van der Waals surface area (Å²) in [5.41, 5.74) is -0.970. The largest absolute Gasteiger partial charge is 0.414 e. The molecule has 0 aliphatic carbocycles. The molecule has 0 N–H and O–H groups in total. The number of rotatable bonds is 3. The summed E-state index contributed by atoms with van der Waals surface area (Å²) in [5, 5.41) is 0.777. The van der Waals surface area contributed by atoms with E-state index in [0.717, 1.165) is 17.4 Å². The maximum atomic E-state index is 14.9. The van der Waals surface area contributed by atoms with Gasteiger partial charge in [-0.25, -0.2) is 4.79 Å². The predicted octanol–water partition coefficient (Wildman–Crippen LogP) is 7.81. The summed E-state index contributed by atoms with van der Waals surface area (Å²) in [6, 6.07) is 16.6. The molecule has 1 fully saturated rings. The zero-order valence-electron chi connectivity index (χ0n) is 17.2. The molecule has 0 saturated carbocycles. The standard InChI is InChI=1S/C24H19Cl2F3N2O/c1-15-4-3-5-16(14-15)21-23(2,24(27,28)29)31(20-12-8-18(26)9-13-20)22(32)30(21)19-10-6-17(25)7-11-19/h3-14,21H,1-2H3/t21-,23-/m1/s1. The Morgan fingerprint density at radius 2 is 1.41 bits per heavy atom. The van der Waals surface area contributed by atoms with Crippen molar-refractivity contribution in [3.8, 4) is 0 Å². The van der Waals surface area contributed by atoms with Crippen LogP contribution in [0.15, 0.2) is 72.8 Å². The van der Waals surface area contributed by atoms with Gasteiger partial charge in [0.15, 0.2) is 5.54 Å². The smallest absolute Gasteiger partial charge is 0.284 e. The molecule has 32 heavy (non-hydrogen) atoms. The molecular weight excluding hydrogens is 460 g/mol. The van der Waals surface area contributed by atoms with Gasteiger partial charge in [0.2, 0.25) is 0 Å². The Kier molecular flexibility index (Phi) is 5.63. The first-order chi connectivity index (χ1) is 15.0. The van der Waals surface area contributed by atoms with Crippen LogP contribution in [0.3, 0.4) is 0 Å². The first kappa shape index (κ1) is 22.5. The van der Waals surface area contributed by atoms with Gasteiger partial charge in [-0.2, -0.15) is 13.2 Å². The molecule has 1 aliphatic heterocycles. The topological polar surface area (TPSA) is 23.6 Å². The SMILES string of the molecule is Cc1cccc([C@H]2N(c3ccc(Cl)cc3)C(=O)N(c3ccc(Cl)cc3)[C@@]2(C)C(F)(F)F)c1. The summed E-state index contributed by atoms with van der Waals surface area (Å²) in [7, 11) is 0. The predicted molar refractivity (Wildman–Crippen MR) is 122 cm³/mol. The van der Waals surface area contributed by atoms with Crippen LogP contribution in [0.2, 0.25) is 10.0 Å². The molecule has 166 valence electrons. The lowest BCUT2D eigenvalue weighted by atomic mass is 9.84. The van der Waals surface area contributed by atoms with Crippen molar-refractivity contribution in [2.24, 2.45) is 0 Å². The van der Waals surface area contributed by atoms with Gasteiger partial charge in [-0.3, -0.25) is 9.80 Å². The van der Waals surface area contributed by atoms with Crippen LogP contribution in [0, 0.1) is 6.92 Å². The van der Waals surface area contributed by atoms with E-state index in [9.17, 15) is 18.0 Å². The summed E-state index contributed by atoms with van der Waals surface area (Å²) in [5.74, 6) is 0. The van der Waals surface area contributed by atoms with E-state index in [2.05, 4.69) is 0 Å². The molecule has 1 saturated heterocycles. The lowest BCUT2D eigenvalue weighted by Crippen LogP contribution is -2.57. The van der Waals surface area contributed by atoms with Crippen molar-refractivity contribution in [2.45, 2.75) is 31.6 Å². The molecule has 0 aromatic heterocycles. The molecule has 1 heterocycles. The minimum atomic E-state index is -4.75. The van der Waals surface area contributed by atoms with Crippen LogP contribution in [-0.2, 0) is 0 Å². The maximum Gasteiger partial charge on any atom is 0.414 e.